The van der Waals surface area contributed by atoms with Gasteiger partial charge in [0.25, 0.3) is 0 Å². The van der Waals surface area contributed by atoms with E-state index in [2.05, 4.69) is 19.0 Å². The summed E-state index contributed by atoms with van der Waals surface area (Å²) < 4.78 is 45.7. The van der Waals surface area contributed by atoms with Crippen molar-refractivity contribution in [1.29, 1.82) is 0 Å². The predicted octanol–water partition coefficient (Wildman–Crippen LogP) is -1.63. The maximum absolute atomic E-state index is 11.9. The van der Waals surface area contributed by atoms with E-state index in [1.807, 2.05) is 0 Å². The highest BCUT2D eigenvalue weighted by Crippen LogP contribution is 2.54. The Bertz CT molecular complexity index is 794. The Hall–Kier alpha value is -1.25. The molecule has 29 heavy (non-hydrogen) atoms. The lowest BCUT2D eigenvalue weighted by Crippen LogP contribution is -2.27. The number of hydrogen-bond donors (Lipinski definition) is 6. The second kappa shape index (κ2) is 10.2. The summed E-state index contributed by atoms with van der Waals surface area (Å²) in [7, 11) is -13.9. The molecule has 2 aromatic heterocycles. The fourth-order valence-corrected chi connectivity index (χ4v) is 4.86. The van der Waals surface area contributed by atoms with Crippen LogP contribution in [-0.2, 0) is 22.7 Å². The van der Waals surface area contributed by atoms with Gasteiger partial charge in [-0.25, -0.2) is 9.97 Å². The Morgan fingerprint density at radius 3 is 1.41 bits per heavy atom. The summed E-state index contributed by atoms with van der Waals surface area (Å²) in [6.45, 7) is 0. The van der Waals surface area contributed by atoms with E-state index in [4.69, 9.17) is 0 Å². The van der Waals surface area contributed by atoms with Crippen molar-refractivity contribution in [3.05, 3.63) is 37.4 Å². The molecule has 0 bridgehead atoms. The van der Waals surface area contributed by atoms with Crippen molar-refractivity contribution in [2.24, 2.45) is 0 Å². The lowest BCUT2D eigenvalue weighted by atomic mass is 10.6. The van der Waals surface area contributed by atoms with Gasteiger partial charge in [0.05, 0.1) is 12.7 Å². The molecule has 166 valence electrons. The highest BCUT2D eigenvalue weighted by molar-refractivity contribution is 7.52. The monoisotopic (exact) mass is 480 g/mol. The fraction of sp³-hybridized carbons (Fsp3) is 0.400. The maximum Gasteiger partial charge on any atom is 0.353 e. The van der Waals surface area contributed by atoms with Gasteiger partial charge in [-0.15, -0.1) is 0 Å². The standard InChI is InChI=1S/C10H17N4O11P3.H2O/c15-9(7(27(18,19)20)13-3-1-11-5-13)24-26(17)25-10(16)8(28(21,22)23)14-4-2-12-6-14;/h1-10,15-16,26H,(H2,18,19,20)(H2,21,22,23);1H2. The smallest absolute Gasteiger partial charge is 0.353 e. The quantitative estimate of drug-likeness (QED) is 0.165. The van der Waals surface area contributed by atoms with E-state index in [0.717, 1.165) is 46.6 Å². The summed E-state index contributed by atoms with van der Waals surface area (Å²) in [4.78, 5) is 44.6. The molecular weight excluding hydrogens is 461 g/mol. The van der Waals surface area contributed by atoms with E-state index in [1.54, 1.807) is 0 Å². The van der Waals surface area contributed by atoms with E-state index < -0.39 is 47.6 Å². The second-order valence-corrected chi connectivity index (χ2v) is 9.68. The molecule has 0 spiro atoms. The molecule has 4 unspecified atom stereocenters. The highest BCUT2D eigenvalue weighted by atomic mass is 31.2. The Morgan fingerprint density at radius 2 is 1.17 bits per heavy atom. The van der Waals surface area contributed by atoms with Gasteiger partial charge >= 0.3 is 23.4 Å². The molecule has 0 amide bonds. The van der Waals surface area contributed by atoms with Crippen LogP contribution in [0.1, 0.15) is 11.6 Å². The number of aliphatic hydroxyl groups excluding tert-OH is 2. The molecule has 0 aliphatic heterocycles. The minimum absolute atomic E-state index is 0. The van der Waals surface area contributed by atoms with Crippen LogP contribution >= 0.6 is 23.4 Å². The topological polar surface area (TPSA) is 258 Å². The van der Waals surface area contributed by atoms with Crippen LogP contribution in [0.3, 0.4) is 0 Å². The summed E-state index contributed by atoms with van der Waals surface area (Å²) in [5, 5.41) is 19.8. The number of aliphatic hydroxyl groups is 2. The average molecular weight is 480 g/mol. The van der Waals surface area contributed by atoms with Gasteiger partial charge < -0.3 is 44.4 Å². The second-order valence-electron chi connectivity index (χ2n) is 5.29. The molecule has 0 aliphatic carbocycles. The van der Waals surface area contributed by atoms with Crippen LogP contribution in [0, 0.1) is 0 Å². The zero-order valence-corrected chi connectivity index (χ0v) is 17.0. The first-order valence-corrected chi connectivity index (χ1v) is 11.8. The number of hydrogen-bond acceptors (Lipinski definition) is 9. The third kappa shape index (κ3) is 6.89. The Labute approximate surface area is 163 Å². The van der Waals surface area contributed by atoms with Gasteiger partial charge in [-0.3, -0.25) is 22.7 Å². The van der Waals surface area contributed by atoms with Crippen molar-refractivity contribution < 1.29 is 58.0 Å². The van der Waals surface area contributed by atoms with Crippen LogP contribution in [0.25, 0.3) is 0 Å². The SMILES string of the molecule is O.O=[PH](OC(O)C(n1ccnc1)P(=O)(O)O)OC(O)C(n1ccnc1)P(=O)(O)O. The molecule has 0 saturated heterocycles. The summed E-state index contributed by atoms with van der Waals surface area (Å²) in [5.74, 6) is -4.06. The largest absolute Gasteiger partial charge is 0.412 e. The first kappa shape index (κ1) is 25.8. The lowest BCUT2D eigenvalue weighted by molar-refractivity contribution is -0.0781. The minimum Gasteiger partial charge on any atom is -0.412 e. The fourth-order valence-electron chi connectivity index (χ4n) is 2.17. The van der Waals surface area contributed by atoms with E-state index in [1.165, 1.54) is 0 Å². The molecule has 19 heteroatoms. The summed E-state index contributed by atoms with van der Waals surface area (Å²) >= 11 is 0. The third-order valence-corrected chi connectivity index (χ3v) is 6.58. The van der Waals surface area contributed by atoms with Gasteiger partial charge in [-0.05, 0) is 0 Å². The number of nitrogens with zero attached hydrogens (tertiary/aromatic N) is 4. The van der Waals surface area contributed by atoms with Crippen molar-refractivity contribution in [2.45, 2.75) is 24.1 Å². The molecular formula is C10H19N4O12P3. The minimum atomic E-state index is -5.03. The van der Waals surface area contributed by atoms with Crippen LogP contribution in [0.15, 0.2) is 37.4 Å². The summed E-state index contributed by atoms with van der Waals surface area (Å²) in [5.41, 5.74) is 0. The molecule has 4 atom stereocenters. The molecule has 2 aromatic rings. The number of aromatic nitrogens is 4. The number of rotatable bonds is 10. The van der Waals surface area contributed by atoms with E-state index in [0.29, 0.717) is 0 Å². The van der Waals surface area contributed by atoms with Crippen molar-refractivity contribution in [2.75, 3.05) is 0 Å². The van der Waals surface area contributed by atoms with Gasteiger partial charge in [0.2, 0.25) is 0 Å². The zero-order valence-electron chi connectivity index (χ0n) is 14.2. The molecule has 8 N–H and O–H groups in total. The molecule has 2 heterocycles. The van der Waals surface area contributed by atoms with Crippen molar-refractivity contribution in [3.8, 4) is 0 Å². The van der Waals surface area contributed by atoms with Gasteiger partial charge in [0.15, 0.2) is 24.1 Å². The molecule has 2 rings (SSSR count). The van der Waals surface area contributed by atoms with Gasteiger partial charge in [0.1, 0.15) is 0 Å². The normalized spacial score (nSPS) is 17.7. The predicted molar refractivity (Wildman–Crippen MR) is 93.4 cm³/mol. The van der Waals surface area contributed by atoms with Gasteiger partial charge in [0, 0.05) is 24.8 Å². The summed E-state index contributed by atoms with van der Waals surface area (Å²) in [6, 6.07) is 0. The van der Waals surface area contributed by atoms with E-state index in [-0.39, 0.29) is 5.48 Å². The Balaban J connectivity index is 0.00000420. The van der Waals surface area contributed by atoms with Crippen molar-refractivity contribution in [3.63, 3.8) is 0 Å². The van der Waals surface area contributed by atoms with Crippen LogP contribution in [0.5, 0.6) is 0 Å². The van der Waals surface area contributed by atoms with E-state index >= 15 is 0 Å². The summed E-state index contributed by atoms with van der Waals surface area (Å²) in [6.07, 6.45) is 1.73. The third-order valence-electron chi connectivity index (χ3n) is 3.29. The molecule has 0 radical (unpaired) electrons. The van der Waals surface area contributed by atoms with Crippen LogP contribution in [-0.4, -0.2) is 66.9 Å². The lowest BCUT2D eigenvalue weighted by Gasteiger charge is -2.26. The number of imidazole rings is 2. The molecule has 0 aliphatic rings. The van der Waals surface area contributed by atoms with Gasteiger partial charge in [-0.2, -0.15) is 0 Å². The van der Waals surface area contributed by atoms with Crippen molar-refractivity contribution >= 4 is 23.4 Å². The first-order valence-electron chi connectivity index (χ1n) is 7.20. The molecule has 16 nitrogen and oxygen atoms in total. The zero-order chi connectivity index (χ0) is 21.1. The Kier molecular flexibility index (Phi) is 9.05. The maximum atomic E-state index is 11.9. The molecule has 0 aromatic carbocycles. The molecule has 0 fully saturated rings. The molecule has 0 saturated carbocycles. The van der Waals surface area contributed by atoms with Crippen molar-refractivity contribution in [1.82, 2.24) is 19.1 Å². The van der Waals surface area contributed by atoms with Crippen LogP contribution in [0.4, 0.5) is 0 Å². The highest BCUT2D eigenvalue weighted by Gasteiger charge is 2.41. The Morgan fingerprint density at radius 1 is 0.828 bits per heavy atom. The first-order chi connectivity index (χ1) is 12.9. The van der Waals surface area contributed by atoms with Crippen LogP contribution in [0.2, 0.25) is 0 Å². The van der Waals surface area contributed by atoms with Crippen LogP contribution < -0.4 is 0 Å². The van der Waals surface area contributed by atoms with Gasteiger partial charge in [-0.1, -0.05) is 0 Å². The van der Waals surface area contributed by atoms with E-state index in [9.17, 15) is 43.5 Å². The average Bonchev–Trinajstić information content (AvgIpc) is 3.17.